The fraction of sp³-hybridized carbons (Fsp3) is 0.294. The maximum absolute atomic E-state index is 12.1. The molecule has 136 valence electrons. The molecule has 0 radical (unpaired) electrons. The number of amides is 2. The van der Waals surface area contributed by atoms with Gasteiger partial charge in [-0.25, -0.2) is 0 Å². The molecule has 0 saturated heterocycles. The first-order valence-electron chi connectivity index (χ1n) is 7.54. The Balaban J connectivity index is 0.00000312. The van der Waals surface area contributed by atoms with Gasteiger partial charge < -0.3 is 20.0 Å². The number of nitrogens with zero attached hydrogens (tertiary/aromatic N) is 1. The van der Waals surface area contributed by atoms with Crippen LogP contribution in [-0.2, 0) is 11.2 Å². The first-order valence-corrected chi connectivity index (χ1v) is 8.33. The number of furan rings is 1. The van der Waals surface area contributed by atoms with Crippen LogP contribution < -0.4 is 10.6 Å². The number of carbonyl (C=O) groups is 2. The Kier molecular flexibility index (Phi) is 8.68. The molecule has 0 spiro atoms. The molecule has 8 heteroatoms. The van der Waals surface area contributed by atoms with Crippen molar-refractivity contribution in [3.8, 4) is 0 Å². The Morgan fingerprint density at radius 2 is 1.84 bits per heavy atom. The highest BCUT2D eigenvalue weighted by atomic mass is 79.9. The number of anilines is 1. The number of hydrogen-bond donors (Lipinski definition) is 2. The number of likely N-dealkylation sites (N-methyl/N-ethyl adjacent to an activating group) is 2. The van der Waals surface area contributed by atoms with E-state index < -0.39 is 0 Å². The van der Waals surface area contributed by atoms with Crippen LogP contribution in [-0.4, -0.2) is 43.9 Å². The van der Waals surface area contributed by atoms with Gasteiger partial charge in [-0.15, -0.1) is 12.4 Å². The van der Waals surface area contributed by atoms with Gasteiger partial charge in [0.05, 0.1) is 6.42 Å². The third-order valence-electron chi connectivity index (χ3n) is 3.49. The molecule has 0 fully saturated rings. The first-order chi connectivity index (χ1) is 11.5. The number of hydrogen-bond acceptors (Lipinski definition) is 4. The molecule has 2 aromatic rings. The maximum Gasteiger partial charge on any atom is 0.291 e. The maximum atomic E-state index is 12.1. The van der Waals surface area contributed by atoms with E-state index >= 15 is 0 Å². The molecule has 0 atom stereocenters. The molecule has 1 heterocycles. The minimum Gasteiger partial charge on any atom is -0.444 e. The second-order valence-corrected chi connectivity index (χ2v) is 6.13. The predicted octanol–water partition coefficient (Wildman–Crippen LogP) is 2.94. The molecular formula is C17H21BrClN3O3. The van der Waals surface area contributed by atoms with E-state index in [0.717, 1.165) is 12.1 Å². The highest BCUT2D eigenvalue weighted by molar-refractivity contribution is 9.10. The third kappa shape index (κ3) is 6.53. The van der Waals surface area contributed by atoms with E-state index in [4.69, 9.17) is 4.42 Å². The lowest BCUT2D eigenvalue weighted by Gasteiger charge is -2.17. The van der Waals surface area contributed by atoms with E-state index in [9.17, 15) is 9.59 Å². The largest absolute Gasteiger partial charge is 0.444 e. The predicted molar refractivity (Wildman–Crippen MR) is 103 cm³/mol. The van der Waals surface area contributed by atoms with Gasteiger partial charge in [0.1, 0.15) is 0 Å². The number of halogens is 2. The van der Waals surface area contributed by atoms with Crippen LogP contribution in [0.15, 0.2) is 45.5 Å². The zero-order valence-electron chi connectivity index (χ0n) is 14.0. The molecule has 0 bridgehead atoms. The fourth-order valence-corrected chi connectivity index (χ4v) is 2.36. The van der Waals surface area contributed by atoms with Crippen molar-refractivity contribution < 1.29 is 14.0 Å². The fourth-order valence-electron chi connectivity index (χ4n) is 2.05. The van der Waals surface area contributed by atoms with Gasteiger partial charge in [-0.3, -0.25) is 9.59 Å². The van der Waals surface area contributed by atoms with Gasteiger partial charge in [-0.2, -0.15) is 0 Å². The standard InChI is InChI=1S/C17H20BrN3O3.ClH/c1-19-9-10-21(2)16(22)11-12-3-5-13(6-4-12)20-17(23)14-7-8-15(18)24-14;/h3-8,19H,9-11H2,1-2H3,(H,20,23);1H. The van der Waals surface area contributed by atoms with Crippen molar-refractivity contribution in [1.82, 2.24) is 10.2 Å². The molecule has 2 N–H and O–H groups in total. The molecule has 0 aliphatic carbocycles. The molecule has 2 rings (SSSR count). The van der Waals surface area contributed by atoms with Gasteiger partial charge in [-0.05, 0) is 52.8 Å². The van der Waals surface area contributed by atoms with E-state index in [2.05, 4.69) is 26.6 Å². The van der Waals surface area contributed by atoms with Crippen LogP contribution in [0.1, 0.15) is 16.1 Å². The zero-order chi connectivity index (χ0) is 17.5. The number of carbonyl (C=O) groups excluding carboxylic acids is 2. The van der Waals surface area contributed by atoms with Crippen LogP contribution >= 0.6 is 28.3 Å². The molecule has 0 saturated carbocycles. The number of benzene rings is 1. The summed E-state index contributed by atoms with van der Waals surface area (Å²) in [5.74, 6) is -0.0360. The van der Waals surface area contributed by atoms with Crippen molar-refractivity contribution in [2.45, 2.75) is 6.42 Å². The van der Waals surface area contributed by atoms with Crippen molar-refractivity contribution in [3.05, 3.63) is 52.4 Å². The van der Waals surface area contributed by atoms with Crippen LogP contribution in [0.2, 0.25) is 0 Å². The average Bonchev–Trinajstić information content (AvgIpc) is 3.01. The van der Waals surface area contributed by atoms with E-state index in [1.54, 1.807) is 36.2 Å². The molecule has 2 amide bonds. The number of rotatable bonds is 7. The Morgan fingerprint density at radius 3 is 2.40 bits per heavy atom. The summed E-state index contributed by atoms with van der Waals surface area (Å²) < 4.78 is 5.71. The zero-order valence-corrected chi connectivity index (χ0v) is 16.4. The second-order valence-electron chi connectivity index (χ2n) is 5.35. The normalized spacial score (nSPS) is 10.0. The van der Waals surface area contributed by atoms with Crippen LogP contribution in [0.25, 0.3) is 0 Å². The summed E-state index contributed by atoms with van der Waals surface area (Å²) in [5, 5.41) is 5.76. The van der Waals surface area contributed by atoms with Gasteiger partial charge in [-0.1, -0.05) is 12.1 Å². The summed E-state index contributed by atoms with van der Waals surface area (Å²) in [4.78, 5) is 25.8. The van der Waals surface area contributed by atoms with Crippen LogP contribution in [0.5, 0.6) is 0 Å². The lowest BCUT2D eigenvalue weighted by atomic mass is 10.1. The lowest BCUT2D eigenvalue weighted by Crippen LogP contribution is -2.33. The van der Waals surface area contributed by atoms with Crippen molar-refractivity contribution in [2.75, 3.05) is 32.5 Å². The molecular weight excluding hydrogens is 410 g/mol. The Labute approximate surface area is 161 Å². The summed E-state index contributed by atoms with van der Waals surface area (Å²) in [6.45, 7) is 1.43. The van der Waals surface area contributed by atoms with Crippen LogP contribution in [0, 0.1) is 0 Å². The number of nitrogens with one attached hydrogen (secondary N) is 2. The van der Waals surface area contributed by atoms with Gasteiger partial charge in [0, 0.05) is 25.8 Å². The minimum atomic E-state index is -0.323. The minimum absolute atomic E-state index is 0. The average molecular weight is 431 g/mol. The van der Waals surface area contributed by atoms with Crippen molar-refractivity contribution in [1.29, 1.82) is 0 Å². The summed E-state index contributed by atoms with van der Waals surface area (Å²) in [7, 11) is 3.64. The summed E-state index contributed by atoms with van der Waals surface area (Å²) in [6, 6.07) is 10.5. The molecule has 1 aromatic heterocycles. The van der Waals surface area contributed by atoms with E-state index in [-0.39, 0.29) is 30.0 Å². The first kappa shape index (κ1) is 21.2. The van der Waals surface area contributed by atoms with Crippen molar-refractivity contribution >= 4 is 45.8 Å². The van der Waals surface area contributed by atoms with E-state index in [1.165, 1.54) is 0 Å². The molecule has 25 heavy (non-hydrogen) atoms. The quantitative estimate of drug-likeness (QED) is 0.708. The van der Waals surface area contributed by atoms with Crippen molar-refractivity contribution in [2.24, 2.45) is 0 Å². The van der Waals surface area contributed by atoms with Gasteiger partial charge in [0.25, 0.3) is 5.91 Å². The molecule has 6 nitrogen and oxygen atoms in total. The second kappa shape index (κ2) is 10.2. The van der Waals surface area contributed by atoms with E-state index in [0.29, 0.717) is 23.3 Å². The topological polar surface area (TPSA) is 74.6 Å². The summed E-state index contributed by atoms with van der Waals surface area (Å²) in [6.07, 6.45) is 0.333. The Bertz CT molecular complexity index is 703. The smallest absolute Gasteiger partial charge is 0.291 e. The van der Waals surface area contributed by atoms with Gasteiger partial charge in [0.2, 0.25) is 5.91 Å². The monoisotopic (exact) mass is 429 g/mol. The van der Waals surface area contributed by atoms with Gasteiger partial charge >= 0.3 is 0 Å². The molecule has 0 aliphatic heterocycles. The van der Waals surface area contributed by atoms with Crippen LogP contribution in [0.4, 0.5) is 5.69 Å². The van der Waals surface area contributed by atoms with Gasteiger partial charge in [0.15, 0.2) is 10.4 Å². The summed E-state index contributed by atoms with van der Waals surface area (Å²) in [5.41, 5.74) is 1.54. The summed E-state index contributed by atoms with van der Waals surface area (Å²) >= 11 is 3.16. The lowest BCUT2D eigenvalue weighted by molar-refractivity contribution is -0.129. The molecule has 0 aliphatic rings. The third-order valence-corrected chi connectivity index (χ3v) is 3.91. The highest BCUT2D eigenvalue weighted by Crippen LogP contribution is 2.16. The highest BCUT2D eigenvalue weighted by Gasteiger charge is 2.12. The molecule has 1 aromatic carbocycles. The Hall–Kier alpha value is -1.83. The molecule has 0 unspecified atom stereocenters. The van der Waals surface area contributed by atoms with E-state index in [1.807, 2.05) is 19.2 Å². The van der Waals surface area contributed by atoms with Crippen molar-refractivity contribution in [3.63, 3.8) is 0 Å². The Morgan fingerprint density at radius 1 is 1.16 bits per heavy atom. The SMILES string of the molecule is CNCCN(C)C(=O)Cc1ccc(NC(=O)c2ccc(Br)o2)cc1.Cl. The van der Waals surface area contributed by atoms with Crippen LogP contribution in [0.3, 0.4) is 0 Å².